The first-order valence-corrected chi connectivity index (χ1v) is 9.11. The van der Waals surface area contributed by atoms with Gasteiger partial charge in [-0.25, -0.2) is 13.1 Å². The van der Waals surface area contributed by atoms with E-state index in [1.165, 1.54) is 6.07 Å². The van der Waals surface area contributed by atoms with Crippen molar-refractivity contribution in [2.75, 3.05) is 6.54 Å². The van der Waals surface area contributed by atoms with Gasteiger partial charge in [-0.1, -0.05) is 29.8 Å². The number of hydrogen-bond donors (Lipinski definition) is 1. The summed E-state index contributed by atoms with van der Waals surface area (Å²) >= 11 is 5.93. The summed E-state index contributed by atoms with van der Waals surface area (Å²) in [5.41, 5.74) is 1.51. The van der Waals surface area contributed by atoms with Crippen LogP contribution in [-0.4, -0.2) is 29.7 Å². The highest BCUT2D eigenvalue weighted by atomic mass is 35.5. The van der Waals surface area contributed by atoms with Crippen molar-refractivity contribution in [3.63, 3.8) is 0 Å². The number of aromatic nitrogens is 3. The molecule has 0 radical (unpaired) electrons. The molecular formula is C16H15ClN4O2S. The molecule has 0 fully saturated rings. The van der Waals surface area contributed by atoms with E-state index in [1.54, 1.807) is 35.3 Å². The third-order valence-electron chi connectivity index (χ3n) is 3.33. The molecule has 0 bridgehead atoms. The quantitative estimate of drug-likeness (QED) is 0.731. The highest BCUT2D eigenvalue weighted by Crippen LogP contribution is 2.20. The van der Waals surface area contributed by atoms with Crippen LogP contribution < -0.4 is 4.72 Å². The van der Waals surface area contributed by atoms with E-state index in [4.69, 9.17) is 11.6 Å². The van der Waals surface area contributed by atoms with Gasteiger partial charge in [-0.2, -0.15) is 5.10 Å². The number of halogens is 1. The van der Waals surface area contributed by atoms with Gasteiger partial charge in [-0.15, -0.1) is 0 Å². The van der Waals surface area contributed by atoms with E-state index < -0.39 is 10.0 Å². The third kappa shape index (κ3) is 3.81. The molecule has 1 N–H and O–H groups in total. The summed E-state index contributed by atoms with van der Waals surface area (Å²) in [5, 5.41) is 4.58. The van der Waals surface area contributed by atoms with Crippen LogP contribution in [0.5, 0.6) is 0 Å². The Morgan fingerprint density at radius 3 is 2.58 bits per heavy atom. The van der Waals surface area contributed by atoms with Crippen molar-refractivity contribution in [1.29, 1.82) is 0 Å². The van der Waals surface area contributed by atoms with E-state index in [1.807, 2.05) is 24.3 Å². The van der Waals surface area contributed by atoms with Crippen LogP contribution in [0.2, 0.25) is 5.02 Å². The molecule has 2 aromatic heterocycles. The van der Waals surface area contributed by atoms with E-state index >= 15 is 0 Å². The zero-order chi connectivity index (χ0) is 17.0. The molecule has 1 aromatic carbocycles. The molecule has 0 aliphatic carbocycles. The van der Waals surface area contributed by atoms with Gasteiger partial charge in [0.05, 0.1) is 17.3 Å². The molecule has 0 aliphatic rings. The van der Waals surface area contributed by atoms with Crippen LogP contribution in [0, 0.1) is 0 Å². The van der Waals surface area contributed by atoms with Gasteiger partial charge in [0.2, 0.25) is 10.0 Å². The Morgan fingerprint density at radius 1 is 1.04 bits per heavy atom. The van der Waals surface area contributed by atoms with Gasteiger partial charge in [0.1, 0.15) is 10.6 Å². The van der Waals surface area contributed by atoms with Gasteiger partial charge in [-0.05, 0) is 30.3 Å². The fraction of sp³-hybridized carbons (Fsp3) is 0.125. The largest absolute Gasteiger partial charge is 0.271 e. The first kappa shape index (κ1) is 16.6. The topological polar surface area (TPSA) is 76.9 Å². The highest BCUT2D eigenvalue weighted by Gasteiger charge is 2.16. The maximum Gasteiger partial charge on any atom is 0.242 e. The summed E-state index contributed by atoms with van der Waals surface area (Å²) in [6.07, 6.45) is 3.49. The summed E-state index contributed by atoms with van der Waals surface area (Å²) in [7, 11) is -3.64. The van der Waals surface area contributed by atoms with Gasteiger partial charge in [0.15, 0.2) is 0 Å². The van der Waals surface area contributed by atoms with Crippen molar-refractivity contribution in [3.05, 3.63) is 65.9 Å². The zero-order valence-corrected chi connectivity index (χ0v) is 14.2. The fourth-order valence-corrected chi connectivity index (χ4v) is 3.71. The zero-order valence-electron chi connectivity index (χ0n) is 12.6. The Bertz CT molecular complexity index is 926. The number of hydrogen-bond acceptors (Lipinski definition) is 4. The molecule has 124 valence electrons. The van der Waals surface area contributed by atoms with Crippen molar-refractivity contribution in [3.8, 4) is 11.4 Å². The van der Waals surface area contributed by atoms with Crippen LogP contribution in [0.4, 0.5) is 0 Å². The molecule has 0 amide bonds. The molecule has 0 saturated heterocycles. The lowest BCUT2D eigenvalue weighted by molar-refractivity contribution is 0.561. The molecule has 3 rings (SSSR count). The smallest absolute Gasteiger partial charge is 0.242 e. The standard InChI is InChI=1S/C16H15ClN4O2S/c17-13-5-1-2-7-16(13)24(22,23)19-10-12-21-11-8-15(20-21)14-6-3-4-9-18-14/h1-9,11,19H,10,12H2. The van der Waals surface area contributed by atoms with Crippen LogP contribution in [0.3, 0.4) is 0 Å². The van der Waals surface area contributed by atoms with E-state index in [2.05, 4.69) is 14.8 Å². The minimum absolute atomic E-state index is 0.0707. The fourth-order valence-electron chi connectivity index (χ4n) is 2.17. The Balaban J connectivity index is 1.63. The van der Waals surface area contributed by atoms with Crippen molar-refractivity contribution >= 4 is 21.6 Å². The van der Waals surface area contributed by atoms with Crippen molar-refractivity contribution in [2.45, 2.75) is 11.4 Å². The van der Waals surface area contributed by atoms with Crippen molar-refractivity contribution < 1.29 is 8.42 Å². The molecule has 0 spiro atoms. The molecular weight excluding hydrogens is 348 g/mol. The molecule has 0 atom stereocenters. The lowest BCUT2D eigenvalue weighted by Gasteiger charge is -2.08. The number of sulfonamides is 1. The first-order chi connectivity index (χ1) is 11.6. The molecule has 0 unspecified atom stereocenters. The second kappa shape index (κ2) is 7.12. The van der Waals surface area contributed by atoms with E-state index in [-0.39, 0.29) is 16.5 Å². The summed E-state index contributed by atoms with van der Waals surface area (Å²) in [4.78, 5) is 4.30. The first-order valence-electron chi connectivity index (χ1n) is 7.25. The maximum atomic E-state index is 12.2. The average Bonchev–Trinajstić information content (AvgIpc) is 3.05. The van der Waals surface area contributed by atoms with Gasteiger partial charge in [-0.3, -0.25) is 9.67 Å². The number of rotatable bonds is 6. The van der Waals surface area contributed by atoms with Crippen LogP contribution in [0.1, 0.15) is 0 Å². The monoisotopic (exact) mass is 362 g/mol. The summed E-state index contributed by atoms with van der Waals surface area (Å²) in [6, 6.07) is 13.8. The highest BCUT2D eigenvalue weighted by molar-refractivity contribution is 7.89. The number of pyridine rings is 1. The summed E-state index contributed by atoms with van der Waals surface area (Å²) in [5.74, 6) is 0. The predicted molar refractivity (Wildman–Crippen MR) is 92.1 cm³/mol. The van der Waals surface area contributed by atoms with Gasteiger partial charge in [0, 0.05) is 18.9 Å². The maximum absolute atomic E-state index is 12.2. The number of benzene rings is 1. The van der Waals surface area contributed by atoms with Crippen LogP contribution >= 0.6 is 11.6 Å². The second-order valence-electron chi connectivity index (χ2n) is 5.01. The third-order valence-corrected chi connectivity index (χ3v) is 5.29. The Morgan fingerprint density at radius 2 is 1.83 bits per heavy atom. The summed E-state index contributed by atoms with van der Waals surface area (Å²) < 4.78 is 28.7. The Kier molecular flexibility index (Phi) is 4.94. The average molecular weight is 363 g/mol. The lowest BCUT2D eigenvalue weighted by atomic mass is 10.3. The van der Waals surface area contributed by atoms with E-state index in [9.17, 15) is 8.42 Å². The Labute approximate surface area is 145 Å². The molecule has 6 nitrogen and oxygen atoms in total. The molecule has 2 heterocycles. The van der Waals surface area contributed by atoms with Crippen molar-refractivity contribution in [2.24, 2.45) is 0 Å². The number of nitrogens with zero attached hydrogens (tertiary/aromatic N) is 3. The van der Waals surface area contributed by atoms with Gasteiger partial charge < -0.3 is 0 Å². The molecule has 8 heteroatoms. The minimum Gasteiger partial charge on any atom is -0.271 e. The minimum atomic E-state index is -3.64. The second-order valence-corrected chi connectivity index (χ2v) is 7.15. The molecule has 0 saturated carbocycles. The summed E-state index contributed by atoms with van der Waals surface area (Å²) in [6.45, 7) is 0.605. The predicted octanol–water partition coefficient (Wildman–Crippen LogP) is 2.58. The lowest BCUT2D eigenvalue weighted by Crippen LogP contribution is -2.27. The van der Waals surface area contributed by atoms with Gasteiger partial charge in [0.25, 0.3) is 0 Å². The van der Waals surface area contributed by atoms with E-state index in [0.29, 0.717) is 6.54 Å². The molecule has 24 heavy (non-hydrogen) atoms. The van der Waals surface area contributed by atoms with E-state index in [0.717, 1.165) is 11.4 Å². The Hall–Kier alpha value is -2.22. The van der Waals surface area contributed by atoms with Crippen molar-refractivity contribution in [1.82, 2.24) is 19.5 Å². The molecule has 0 aliphatic heterocycles. The SMILES string of the molecule is O=S(=O)(NCCn1ccc(-c2ccccn2)n1)c1ccccc1Cl. The van der Waals surface area contributed by atoms with Crippen LogP contribution in [0.15, 0.2) is 65.8 Å². The van der Waals surface area contributed by atoms with Crippen LogP contribution in [0.25, 0.3) is 11.4 Å². The normalized spacial score (nSPS) is 11.5. The number of nitrogens with one attached hydrogen (secondary N) is 1. The van der Waals surface area contributed by atoms with Crippen LogP contribution in [-0.2, 0) is 16.6 Å². The molecule has 3 aromatic rings. The van der Waals surface area contributed by atoms with Gasteiger partial charge >= 0.3 is 0 Å².